The normalized spacial score (nSPS) is 23.5. The minimum absolute atomic E-state index is 0.173. The second kappa shape index (κ2) is 9.77. The zero-order valence-corrected chi connectivity index (χ0v) is 20.7. The fraction of sp³-hybridized carbons (Fsp3) is 0.450. The van der Waals surface area contributed by atoms with Crippen LogP contribution in [-0.2, 0) is 23.1 Å². The van der Waals surface area contributed by atoms with Crippen molar-refractivity contribution in [3.05, 3.63) is 50.4 Å². The molecule has 1 N–H and O–H groups in total. The van der Waals surface area contributed by atoms with E-state index < -0.39 is 19.8 Å². The first kappa shape index (κ1) is 24.3. The molecule has 2 atom stereocenters. The van der Waals surface area contributed by atoms with Crippen molar-refractivity contribution in [2.75, 3.05) is 27.9 Å². The second-order valence-electron chi connectivity index (χ2n) is 7.51. The van der Waals surface area contributed by atoms with Crippen LogP contribution in [0.4, 0.5) is 4.39 Å². The molecule has 0 spiro atoms. The van der Waals surface area contributed by atoms with Gasteiger partial charge in [-0.1, -0.05) is 11.6 Å². The number of nitrogens with one attached hydrogen (secondary N) is 1. The van der Waals surface area contributed by atoms with Gasteiger partial charge >= 0.3 is 13.7 Å². The molecular formula is C20H23ClFN4O5PS. The van der Waals surface area contributed by atoms with E-state index in [1.54, 1.807) is 6.20 Å². The maximum Gasteiger partial charge on any atom is 0.405 e. The molecule has 0 aromatic carbocycles. The highest BCUT2D eigenvalue weighted by Crippen LogP contribution is 2.46. The van der Waals surface area contributed by atoms with Gasteiger partial charge in [-0.15, -0.1) is 11.3 Å². The van der Waals surface area contributed by atoms with E-state index in [-0.39, 0.29) is 23.3 Å². The number of fused-ring (bicyclic) bond motifs is 1. The third-order valence-electron chi connectivity index (χ3n) is 5.66. The van der Waals surface area contributed by atoms with E-state index in [0.717, 1.165) is 0 Å². The molecule has 1 fully saturated rings. The maximum absolute atomic E-state index is 13.8. The van der Waals surface area contributed by atoms with E-state index in [1.165, 1.54) is 38.7 Å². The van der Waals surface area contributed by atoms with Crippen LogP contribution in [-0.4, -0.2) is 61.6 Å². The summed E-state index contributed by atoms with van der Waals surface area (Å²) in [6.07, 6.45) is 3.75. The summed E-state index contributed by atoms with van der Waals surface area (Å²) in [7, 11) is 0.360. The zero-order valence-electron chi connectivity index (χ0n) is 18.2. The van der Waals surface area contributed by atoms with Gasteiger partial charge in [0.25, 0.3) is 0 Å². The minimum Gasteiger partial charge on any atom is -0.466 e. The van der Waals surface area contributed by atoms with E-state index in [0.29, 0.717) is 47.1 Å². The van der Waals surface area contributed by atoms with E-state index in [1.807, 2.05) is 10.3 Å². The van der Waals surface area contributed by atoms with Crippen LogP contribution in [0.5, 0.6) is 0 Å². The van der Waals surface area contributed by atoms with Crippen molar-refractivity contribution >= 4 is 42.5 Å². The maximum atomic E-state index is 13.8. The topological polar surface area (TPSA) is 102 Å². The van der Waals surface area contributed by atoms with Crippen molar-refractivity contribution in [1.82, 2.24) is 15.0 Å². The smallest absolute Gasteiger partial charge is 0.405 e. The predicted octanol–water partition coefficient (Wildman–Crippen LogP) is 3.90. The molecule has 0 amide bonds. The van der Waals surface area contributed by atoms with Crippen molar-refractivity contribution in [1.29, 1.82) is 0 Å². The van der Waals surface area contributed by atoms with Gasteiger partial charge in [0.05, 0.1) is 12.7 Å². The molecule has 0 bridgehead atoms. The highest BCUT2D eigenvalue weighted by atomic mass is 35.5. The third-order valence-corrected chi connectivity index (χ3v) is 8.43. The van der Waals surface area contributed by atoms with Crippen molar-refractivity contribution in [3.8, 4) is 0 Å². The zero-order chi connectivity index (χ0) is 23.8. The molecule has 4 rings (SSSR count). The Morgan fingerprint density at radius 1 is 1.33 bits per heavy atom. The lowest BCUT2D eigenvalue weighted by atomic mass is 9.89. The lowest BCUT2D eigenvalue weighted by Crippen LogP contribution is -2.40. The number of esters is 1. The lowest BCUT2D eigenvalue weighted by molar-refractivity contribution is -0.136. The molecule has 1 aliphatic carbocycles. The molecule has 178 valence electrons. The Hall–Kier alpha value is -1.88. The van der Waals surface area contributed by atoms with Crippen LogP contribution in [0.1, 0.15) is 24.3 Å². The van der Waals surface area contributed by atoms with Crippen LogP contribution in [0.15, 0.2) is 50.3 Å². The van der Waals surface area contributed by atoms with Crippen LogP contribution < -0.4 is 5.09 Å². The number of methoxy groups -OCH3 is 1. The van der Waals surface area contributed by atoms with Gasteiger partial charge in [-0.25, -0.2) is 23.8 Å². The molecule has 0 saturated carbocycles. The quantitative estimate of drug-likeness (QED) is 0.430. The van der Waals surface area contributed by atoms with E-state index >= 15 is 0 Å². The molecule has 0 unspecified atom stereocenters. The van der Waals surface area contributed by atoms with Gasteiger partial charge in [0.1, 0.15) is 11.9 Å². The van der Waals surface area contributed by atoms with Crippen LogP contribution in [0.2, 0.25) is 0 Å². The number of aliphatic imine (C=N–C) groups is 1. The highest BCUT2D eigenvalue weighted by Gasteiger charge is 2.44. The second-order valence-corrected chi connectivity index (χ2v) is 10.8. The van der Waals surface area contributed by atoms with Crippen LogP contribution >= 0.6 is 30.7 Å². The van der Waals surface area contributed by atoms with Gasteiger partial charge in [0.15, 0.2) is 10.8 Å². The number of ether oxygens (including phenoxy) is 1. The molecule has 1 saturated heterocycles. The number of allylic oxidation sites excluding steroid dienone is 3. The number of hydrogen-bond donors (Lipinski definition) is 1. The molecule has 33 heavy (non-hydrogen) atoms. The number of amidine groups is 1. The molecule has 9 nitrogen and oxygen atoms in total. The first-order valence-corrected chi connectivity index (χ1v) is 12.9. The van der Waals surface area contributed by atoms with Crippen molar-refractivity contribution in [3.63, 3.8) is 0 Å². The fourth-order valence-electron chi connectivity index (χ4n) is 4.15. The minimum atomic E-state index is -3.52. The van der Waals surface area contributed by atoms with Gasteiger partial charge < -0.3 is 18.7 Å². The Labute approximate surface area is 199 Å². The third kappa shape index (κ3) is 4.71. The Kier molecular flexibility index (Phi) is 7.18. The SMILES string of the molecule is COC(=O)C1=C2C[C@H](NP(=O)(OC)OC)CN2C(c2nccs2)=N[C@H]1C1=C(Cl)C=C(F)CC1. The summed E-state index contributed by atoms with van der Waals surface area (Å²) in [5.41, 5.74) is 1.60. The van der Waals surface area contributed by atoms with Gasteiger partial charge in [-0.3, -0.25) is 4.99 Å². The monoisotopic (exact) mass is 516 g/mol. The Morgan fingerprint density at radius 2 is 2.09 bits per heavy atom. The number of thiazole rings is 1. The standard InChI is InChI=1S/C20H23ClFN4O5PS/c1-29-20(27)16-15-9-12(25-32(28,30-2)31-3)10-26(15)18(19-23-6-7-33-19)24-17(16)13-5-4-11(22)8-14(13)21/h6-8,12,17H,4-5,9-10H2,1-3H3,(H,25,28)/t12-,17-/m0/s1. The molecule has 1 aromatic rings. The van der Waals surface area contributed by atoms with Gasteiger partial charge in [-0.2, -0.15) is 0 Å². The van der Waals surface area contributed by atoms with Crippen molar-refractivity contribution in [2.45, 2.75) is 31.3 Å². The molecule has 13 heteroatoms. The highest BCUT2D eigenvalue weighted by molar-refractivity contribution is 7.51. The number of rotatable bonds is 7. The van der Waals surface area contributed by atoms with Gasteiger partial charge in [0.2, 0.25) is 0 Å². The summed E-state index contributed by atoms with van der Waals surface area (Å²) in [6.45, 7) is 0.346. The Balaban J connectivity index is 1.83. The number of nitrogens with zero attached hydrogens (tertiary/aromatic N) is 3. The molecule has 0 radical (unpaired) electrons. The molecular weight excluding hydrogens is 494 g/mol. The summed E-state index contributed by atoms with van der Waals surface area (Å²) < 4.78 is 41.7. The van der Waals surface area contributed by atoms with Gasteiger partial charge in [0, 0.05) is 62.0 Å². The average Bonchev–Trinajstić information content (AvgIpc) is 3.47. The summed E-state index contributed by atoms with van der Waals surface area (Å²) in [4.78, 5) is 24.1. The number of halogens is 2. The number of carbonyl (C=O) groups excluding carboxylic acids is 1. The predicted molar refractivity (Wildman–Crippen MR) is 123 cm³/mol. The Bertz CT molecular complexity index is 1110. The molecule has 3 aliphatic rings. The lowest BCUT2D eigenvalue weighted by Gasteiger charge is -2.33. The van der Waals surface area contributed by atoms with E-state index in [2.05, 4.69) is 10.1 Å². The Morgan fingerprint density at radius 3 is 2.70 bits per heavy atom. The van der Waals surface area contributed by atoms with Crippen molar-refractivity contribution < 1.29 is 27.5 Å². The summed E-state index contributed by atoms with van der Waals surface area (Å²) in [5, 5.41) is 5.61. The van der Waals surface area contributed by atoms with E-state index in [9.17, 15) is 13.8 Å². The molecule has 3 heterocycles. The van der Waals surface area contributed by atoms with Crippen molar-refractivity contribution in [2.24, 2.45) is 4.99 Å². The number of carbonyl (C=O) groups is 1. The van der Waals surface area contributed by atoms with E-state index in [4.69, 9.17) is 30.4 Å². The van der Waals surface area contributed by atoms with Crippen LogP contribution in [0, 0.1) is 0 Å². The fourth-order valence-corrected chi connectivity index (χ4v) is 6.09. The first-order chi connectivity index (χ1) is 15.8. The summed E-state index contributed by atoms with van der Waals surface area (Å²) in [5.74, 6) is -0.326. The molecule has 2 aliphatic heterocycles. The average molecular weight is 517 g/mol. The summed E-state index contributed by atoms with van der Waals surface area (Å²) in [6, 6.07) is -1.13. The van der Waals surface area contributed by atoms with Crippen LogP contribution in [0.3, 0.4) is 0 Å². The number of aromatic nitrogens is 1. The van der Waals surface area contributed by atoms with Gasteiger partial charge in [-0.05, 0) is 18.1 Å². The largest absolute Gasteiger partial charge is 0.466 e. The molecule has 1 aromatic heterocycles. The van der Waals surface area contributed by atoms with Crippen LogP contribution in [0.25, 0.3) is 0 Å². The number of hydrogen-bond acceptors (Lipinski definition) is 9. The first-order valence-electron chi connectivity index (χ1n) is 10.1. The summed E-state index contributed by atoms with van der Waals surface area (Å²) >= 11 is 7.80.